The first-order chi connectivity index (χ1) is 12.9. The van der Waals surface area contributed by atoms with Gasteiger partial charge in [-0.2, -0.15) is 10.2 Å². The van der Waals surface area contributed by atoms with E-state index in [0.29, 0.717) is 17.7 Å². The second-order valence-electron chi connectivity index (χ2n) is 6.09. The van der Waals surface area contributed by atoms with Gasteiger partial charge < -0.3 is 0 Å². The van der Waals surface area contributed by atoms with E-state index in [0.717, 1.165) is 21.4 Å². The van der Waals surface area contributed by atoms with Crippen LogP contribution in [0, 0.1) is 19.7 Å². The fraction of sp³-hybridized carbons (Fsp3) is 0.150. The lowest BCUT2D eigenvalue weighted by atomic mass is 10.1. The third-order valence-corrected chi connectivity index (χ3v) is 5.24. The highest BCUT2D eigenvalue weighted by Gasteiger charge is 2.09. The van der Waals surface area contributed by atoms with Gasteiger partial charge >= 0.3 is 0 Å². The maximum atomic E-state index is 12.8. The highest BCUT2D eigenvalue weighted by molar-refractivity contribution is 9.10. The van der Waals surface area contributed by atoms with E-state index in [1.807, 2.05) is 30.7 Å². The number of halogens is 2. The summed E-state index contributed by atoms with van der Waals surface area (Å²) in [7, 11) is 0. The highest BCUT2D eigenvalue weighted by Crippen LogP contribution is 2.20. The Labute approximate surface area is 165 Å². The van der Waals surface area contributed by atoms with E-state index in [-0.39, 0.29) is 11.7 Å². The molecule has 0 aliphatic carbocycles. The molecule has 0 unspecified atom stereocenters. The zero-order chi connectivity index (χ0) is 19.4. The molecule has 0 bridgehead atoms. The van der Waals surface area contributed by atoms with Gasteiger partial charge in [-0.3, -0.25) is 9.48 Å². The summed E-state index contributed by atoms with van der Waals surface area (Å²) in [6.45, 7) is 4.58. The van der Waals surface area contributed by atoms with E-state index in [1.54, 1.807) is 24.3 Å². The number of hydrogen-bond acceptors (Lipinski definition) is 3. The van der Waals surface area contributed by atoms with E-state index in [4.69, 9.17) is 0 Å². The van der Waals surface area contributed by atoms with Crippen LogP contribution in [0.1, 0.15) is 32.9 Å². The minimum atomic E-state index is -0.316. The number of carbonyl (C=O) groups excluding carboxylic acids is 1. The molecule has 5 nitrogen and oxygen atoms in total. The summed E-state index contributed by atoms with van der Waals surface area (Å²) in [6, 6.07) is 13.1. The summed E-state index contributed by atoms with van der Waals surface area (Å²) in [5.41, 5.74) is 6.71. The molecule has 3 aromatic rings. The molecule has 0 fully saturated rings. The van der Waals surface area contributed by atoms with Crippen LogP contribution in [0.2, 0.25) is 0 Å². The highest BCUT2D eigenvalue weighted by atomic mass is 79.9. The van der Waals surface area contributed by atoms with Gasteiger partial charge in [0.05, 0.1) is 28.6 Å². The Morgan fingerprint density at radius 2 is 1.85 bits per heavy atom. The van der Waals surface area contributed by atoms with Crippen molar-refractivity contribution < 1.29 is 9.18 Å². The lowest BCUT2D eigenvalue weighted by Crippen LogP contribution is -2.17. The number of amides is 1. The number of hydrogen-bond donors (Lipinski definition) is 1. The molecule has 0 spiro atoms. The summed E-state index contributed by atoms with van der Waals surface area (Å²) in [4.78, 5) is 12.2. The van der Waals surface area contributed by atoms with Crippen LogP contribution in [-0.2, 0) is 6.54 Å². The molecule has 1 aromatic heterocycles. The first-order valence-electron chi connectivity index (χ1n) is 8.31. The molecule has 138 valence electrons. The Kier molecular flexibility index (Phi) is 5.81. The molecular formula is C20H18BrFN4O. The third kappa shape index (κ3) is 4.68. The Hall–Kier alpha value is -2.80. The fourth-order valence-electron chi connectivity index (χ4n) is 2.54. The Morgan fingerprint density at radius 3 is 2.44 bits per heavy atom. The van der Waals surface area contributed by atoms with E-state index < -0.39 is 0 Å². The number of hydrazone groups is 1. The van der Waals surface area contributed by atoms with Crippen molar-refractivity contribution in [2.24, 2.45) is 5.10 Å². The second kappa shape index (κ2) is 8.26. The zero-order valence-electron chi connectivity index (χ0n) is 14.9. The second-order valence-corrected chi connectivity index (χ2v) is 6.88. The maximum Gasteiger partial charge on any atom is 0.271 e. The van der Waals surface area contributed by atoms with Crippen LogP contribution in [0.3, 0.4) is 0 Å². The van der Waals surface area contributed by atoms with Crippen LogP contribution in [-0.4, -0.2) is 21.9 Å². The van der Waals surface area contributed by atoms with Gasteiger partial charge in [0.1, 0.15) is 5.82 Å². The predicted molar refractivity (Wildman–Crippen MR) is 106 cm³/mol. The van der Waals surface area contributed by atoms with Gasteiger partial charge in [-0.1, -0.05) is 24.3 Å². The fourth-order valence-corrected chi connectivity index (χ4v) is 2.83. The number of aryl methyl sites for hydroxylation is 1. The van der Waals surface area contributed by atoms with Crippen LogP contribution >= 0.6 is 15.9 Å². The molecule has 27 heavy (non-hydrogen) atoms. The summed E-state index contributed by atoms with van der Waals surface area (Å²) in [5, 5.41) is 8.38. The van der Waals surface area contributed by atoms with Gasteiger partial charge in [0.15, 0.2) is 0 Å². The van der Waals surface area contributed by atoms with E-state index >= 15 is 0 Å². The number of rotatable bonds is 5. The van der Waals surface area contributed by atoms with Gasteiger partial charge in [0.25, 0.3) is 5.91 Å². The molecule has 2 aromatic carbocycles. The molecule has 0 saturated heterocycles. The van der Waals surface area contributed by atoms with Crippen molar-refractivity contribution in [3.05, 3.63) is 86.9 Å². The van der Waals surface area contributed by atoms with Crippen molar-refractivity contribution in [3.8, 4) is 0 Å². The first-order valence-corrected chi connectivity index (χ1v) is 9.11. The topological polar surface area (TPSA) is 59.3 Å². The van der Waals surface area contributed by atoms with Crippen molar-refractivity contribution in [1.29, 1.82) is 0 Å². The number of nitrogens with one attached hydrogen (secondary N) is 1. The molecule has 1 amide bonds. The third-order valence-electron chi connectivity index (χ3n) is 4.09. The van der Waals surface area contributed by atoms with E-state index in [9.17, 15) is 9.18 Å². The number of aromatic nitrogens is 2. The summed E-state index contributed by atoms with van der Waals surface area (Å²) >= 11 is 3.52. The number of benzene rings is 2. The predicted octanol–water partition coefficient (Wildman–Crippen LogP) is 4.21. The van der Waals surface area contributed by atoms with Crippen molar-refractivity contribution >= 4 is 28.1 Å². The quantitative estimate of drug-likeness (QED) is 0.488. The SMILES string of the molecule is Cc1nn(Cc2ccc(C(=O)N/N=C\c3ccc(F)cc3)cc2)c(C)c1Br. The largest absolute Gasteiger partial charge is 0.271 e. The Bertz CT molecular complexity index is 978. The molecule has 3 rings (SSSR count). The molecule has 0 aliphatic heterocycles. The smallest absolute Gasteiger partial charge is 0.267 e. The van der Waals surface area contributed by atoms with E-state index in [2.05, 4.69) is 31.6 Å². The minimum absolute atomic E-state index is 0.311. The average Bonchev–Trinajstić information content (AvgIpc) is 2.90. The molecule has 0 aliphatic rings. The minimum Gasteiger partial charge on any atom is -0.267 e. The van der Waals surface area contributed by atoms with Gasteiger partial charge in [0, 0.05) is 5.56 Å². The van der Waals surface area contributed by atoms with Crippen molar-refractivity contribution in [2.75, 3.05) is 0 Å². The van der Waals surface area contributed by atoms with Crippen LogP contribution in [0.5, 0.6) is 0 Å². The van der Waals surface area contributed by atoms with Gasteiger partial charge in [0.2, 0.25) is 0 Å². The standard InChI is InChI=1S/C20H18BrFN4O/c1-13-19(21)14(2)26(25-13)12-16-3-7-17(8-4-16)20(27)24-23-11-15-5-9-18(22)10-6-15/h3-11H,12H2,1-2H3,(H,24,27)/b23-11-. The van der Waals surface area contributed by atoms with Crippen molar-refractivity contribution in [2.45, 2.75) is 20.4 Å². The van der Waals surface area contributed by atoms with Crippen LogP contribution in [0.15, 0.2) is 58.1 Å². The van der Waals surface area contributed by atoms with Crippen LogP contribution < -0.4 is 5.43 Å². The summed E-state index contributed by atoms with van der Waals surface area (Å²) in [5.74, 6) is -0.627. The number of carbonyl (C=O) groups is 1. The lowest BCUT2D eigenvalue weighted by molar-refractivity contribution is 0.0955. The van der Waals surface area contributed by atoms with Crippen molar-refractivity contribution in [1.82, 2.24) is 15.2 Å². The zero-order valence-corrected chi connectivity index (χ0v) is 16.5. The first kappa shape index (κ1) is 19.0. The molecule has 1 N–H and O–H groups in total. The molecular weight excluding hydrogens is 411 g/mol. The van der Waals surface area contributed by atoms with Crippen molar-refractivity contribution in [3.63, 3.8) is 0 Å². The molecule has 1 heterocycles. The summed E-state index contributed by atoms with van der Waals surface area (Å²) in [6.07, 6.45) is 1.46. The van der Waals surface area contributed by atoms with Gasteiger partial charge in [-0.15, -0.1) is 0 Å². The van der Waals surface area contributed by atoms with Crippen LogP contribution in [0.25, 0.3) is 0 Å². The lowest BCUT2D eigenvalue weighted by Gasteiger charge is -2.06. The molecule has 0 atom stereocenters. The Morgan fingerprint density at radius 1 is 1.19 bits per heavy atom. The van der Waals surface area contributed by atoms with Gasteiger partial charge in [-0.05, 0) is 65.2 Å². The molecule has 7 heteroatoms. The molecule has 0 saturated carbocycles. The monoisotopic (exact) mass is 428 g/mol. The van der Waals surface area contributed by atoms with Gasteiger partial charge in [-0.25, -0.2) is 9.82 Å². The van der Waals surface area contributed by atoms with E-state index in [1.165, 1.54) is 18.3 Å². The summed E-state index contributed by atoms with van der Waals surface area (Å²) < 4.78 is 15.8. The normalized spacial score (nSPS) is 11.1. The average molecular weight is 429 g/mol. The van der Waals surface area contributed by atoms with Crippen LogP contribution in [0.4, 0.5) is 4.39 Å². The number of nitrogens with zero attached hydrogens (tertiary/aromatic N) is 3. The molecule has 0 radical (unpaired) electrons. The maximum absolute atomic E-state index is 12.8. The Balaban J connectivity index is 1.61.